The number of aromatic nitrogens is 1. The Labute approximate surface area is 187 Å². The summed E-state index contributed by atoms with van der Waals surface area (Å²) in [4.78, 5) is 39.6. The van der Waals surface area contributed by atoms with Crippen LogP contribution in [0.5, 0.6) is 0 Å². The lowest BCUT2D eigenvalue weighted by molar-refractivity contribution is -0.192. The molecule has 12 heteroatoms. The average molecular weight is 475 g/mol. The molecule has 182 valence electrons. The normalized spacial score (nSPS) is 25.7. The Hall–Kier alpha value is -2.76. The predicted molar refractivity (Wildman–Crippen MR) is 105 cm³/mol. The highest BCUT2D eigenvalue weighted by Crippen LogP contribution is 2.41. The van der Waals surface area contributed by atoms with E-state index >= 15 is 0 Å². The van der Waals surface area contributed by atoms with Crippen molar-refractivity contribution in [1.82, 2.24) is 15.2 Å². The number of pyridine rings is 1. The molecule has 4 rings (SSSR count). The summed E-state index contributed by atoms with van der Waals surface area (Å²) < 4.78 is 52.2. The number of halogens is 4. The van der Waals surface area contributed by atoms with E-state index in [1.54, 1.807) is 11.1 Å². The van der Waals surface area contributed by atoms with Gasteiger partial charge in [0.15, 0.2) is 5.67 Å². The van der Waals surface area contributed by atoms with Gasteiger partial charge in [0, 0.05) is 12.7 Å². The molecule has 3 atom stereocenters. The average Bonchev–Trinajstić information content (AvgIpc) is 3.19. The maximum Gasteiger partial charge on any atom is 0.490 e. The zero-order valence-corrected chi connectivity index (χ0v) is 17.7. The van der Waals surface area contributed by atoms with Crippen molar-refractivity contribution in [3.63, 3.8) is 0 Å². The van der Waals surface area contributed by atoms with Gasteiger partial charge in [0.2, 0.25) is 5.91 Å². The van der Waals surface area contributed by atoms with Gasteiger partial charge in [0.1, 0.15) is 6.10 Å². The lowest BCUT2D eigenvalue weighted by Crippen LogP contribution is -2.55. The molecule has 2 aliphatic heterocycles. The molecule has 1 aromatic rings. The molecule has 1 aliphatic carbocycles. The van der Waals surface area contributed by atoms with E-state index in [-0.39, 0.29) is 24.0 Å². The molecule has 0 spiro atoms. The summed E-state index contributed by atoms with van der Waals surface area (Å²) in [6, 6.07) is 5.45. The van der Waals surface area contributed by atoms with Crippen molar-refractivity contribution in [1.29, 1.82) is 0 Å². The minimum atomic E-state index is -5.08. The van der Waals surface area contributed by atoms with Crippen LogP contribution in [0.2, 0.25) is 0 Å². The van der Waals surface area contributed by atoms with Gasteiger partial charge < -0.3 is 20.1 Å². The van der Waals surface area contributed by atoms with Crippen molar-refractivity contribution in [2.24, 2.45) is 0 Å². The second-order valence-electron chi connectivity index (χ2n) is 8.26. The molecule has 0 bridgehead atoms. The van der Waals surface area contributed by atoms with Crippen molar-refractivity contribution in [2.45, 2.75) is 75.2 Å². The van der Waals surface area contributed by atoms with Crippen molar-refractivity contribution < 1.29 is 41.8 Å². The number of hydrogen-bond donors (Lipinski definition) is 2. The summed E-state index contributed by atoms with van der Waals surface area (Å²) in [6.45, 7) is 0.880. The van der Waals surface area contributed by atoms with Gasteiger partial charge >= 0.3 is 12.1 Å². The predicted octanol–water partition coefficient (Wildman–Crippen LogP) is 2.37. The number of alkyl halides is 4. The van der Waals surface area contributed by atoms with E-state index in [1.165, 1.54) is 0 Å². The molecule has 8 nitrogen and oxygen atoms in total. The van der Waals surface area contributed by atoms with Gasteiger partial charge in [-0.05, 0) is 50.7 Å². The first-order valence-electron chi connectivity index (χ1n) is 10.6. The zero-order valence-electron chi connectivity index (χ0n) is 17.7. The molecule has 0 unspecified atom stereocenters. The van der Waals surface area contributed by atoms with Gasteiger partial charge in [0.25, 0.3) is 5.91 Å². The number of carboxylic acids is 1. The van der Waals surface area contributed by atoms with Crippen LogP contribution in [0.3, 0.4) is 0 Å². The lowest BCUT2D eigenvalue weighted by Gasteiger charge is -2.40. The second kappa shape index (κ2) is 10.0. The fraction of sp³-hybridized carbons (Fsp3) is 0.619. The van der Waals surface area contributed by atoms with Gasteiger partial charge in [0.05, 0.1) is 24.4 Å². The molecule has 3 heterocycles. The molecule has 0 radical (unpaired) electrons. The van der Waals surface area contributed by atoms with Crippen molar-refractivity contribution in [2.75, 3.05) is 6.54 Å². The first-order valence-corrected chi connectivity index (χ1v) is 10.6. The minimum Gasteiger partial charge on any atom is -0.475 e. The van der Waals surface area contributed by atoms with Crippen LogP contribution < -0.4 is 5.32 Å². The van der Waals surface area contributed by atoms with E-state index < -0.39 is 23.9 Å². The van der Waals surface area contributed by atoms with Crippen LogP contribution in [-0.2, 0) is 25.7 Å². The number of carbonyl (C=O) groups is 3. The molecule has 2 saturated heterocycles. The fourth-order valence-corrected chi connectivity index (χ4v) is 4.12. The summed E-state index contributed by atoms with van der Waals surface area (Å²) in [6.07, 6.45) is -0.770. The third-order valence-corrected chi connectivity index (χ3v) is 6.04. The summed E-state index contributed by atoms with van der Waals surface area (Å²) in [5.41, 5.74) is -0.868. The molecular formula is C21H25F4N3O5. The molecule has 2 amide bonds. The van der Waals surface area contributed by atoms with Gasteiger partial charge in [-0.25, -0.2) is 9.18 Å². The summed E-state index contributed by atoms with van der Waals surface area (Å²) in [7, 11) is 0. The van der Waals surface area contributed by atoms with Crippen LogP contribution in [-0.4, -0.2) is 69.4 Å². The number of carbonyl (C=O) groups excluding carboxylic acids is 2. The number of nitrogens with zero attached hydrogens (tertiary/aromatic N) is 2. The highest BCUT2D eigenvalue weighted by Gasteiger charge is 2.52. The molecule has 0 aromatic carbocycles. The largest absolute Gasteiger partial charge is 0.490 e. The van der Waals surface area contributed by atoms with Crippen LogP contribution in [0, 0.1) is 0 Å². The summed E-state index contributed by atoms with van der Waals surface area (Å²) >= 11 is 0. The standard InChI is InChI=1S/C19H24FN3O3.C2HF3O2/c20-19(8-3-9-19)18(25)23-11-7-15-14(23)5-6-16(26-15)17(24)22-12-13-4-1-2-10-21-13;3-2(4,5)1(6)7/h1-2,4,10,14-16H,3,5-9,11-12H2,(H,22,24);(H,6,7)/t14-,15-,16-;/m1./s1. The Morgan fingerprint density at radius 1 is 1.21 bits per heavy atom. The van der Waals surface area contributed by atoms with Crippen LogP contribution in [0.15, 0.2) is 24.4 Å². The highest BCUT2D eigenvalue weighted by molar-refractivity contribution is 5.87. The molecule has 1 saturated carbocycles. The van der Waals surface area contributed by atoms with E-state index in [0.717, 1.165) is 12.1 Å². The maximum atomic E-state index is 14.5. The first-order chi connectivity index (χ1) is 15.5. The van der Waals surface area contributed by atoms with Gasteiger partial charge in [-0.15, -0.1) is 0 Å². The van der Waals surface area contributed by atoms with E-state index in [2.05, 4.69) is 10.3 Å². The van der Waals surface area contributed by atoms with Crippen LogP contribution in [0.1, 0.15) is 44.2 Å². The van der Waals surface area contributed by atoms with Gasteiger partial charge in [-0.3, -0.25) is 14.6 Å². The molecule has 3 aliphatic rings. The Kier molecular flexibility index (Phi) is 7.55. The number of nitrogens with one attached hydrogen (secondary N) is 1. The third-order valence-electron chi connectivity index (χ3n) is 6.04. The number of amides is 2. The van der Waals surface area contributed by atoms with Gasteiger partial charge in [-0.1, -0.05) is 6.07 Å². The Morgan fingerprint density at radius 2 is 1.91 bits per heavy atom. The van der Waals surface area contributed by atoms with Crippen LogP contribution in [0.4, 0.5) is 17.6 Å². The molecule has 2 N–H and O–H groups in total. The topological polar surface area (TPSA) is 109 Å². The lowest BCUT2D eigenvalue weighted by atomic mass is 9.80. The quantitative estimate of drug-likeness (QED) is 0.648. The monoisotopic (exact) mass is 475 g/mol. The SMILES string of the molecule is O=C(NCc1ccccn1)[C@H]1CC[C@@H]2[C@@H](CCN2C(=O)C2(F)CCC2)O1.O=C(O)C(F)(F)F. The van der Waals surface area contributed by atoms with Crippen molar-refractivity contribution in [3.05, 3.63) is 30.1 Å². The van der Waals surface area contributed by atoms with Crippen LogP contribution in [0.25, 0.3) is 0 Å². The highest BCUT2D eigenvalue weighted by atomic mass is 19.4. The summed E-state index contributed by atoms with van der Waals surface area (Å²) in [5.74, 6) is -3.29. The van der Waals surface area contributed by atoms with E-state index in [4.69, 9.17) is 14.6 Å². The number of likely N-dealkylation sites (tertiary alicyclic amines) is 1. The molecule has 1 aromatic heterocycles. The number of hydrogen-bond acceptors (Lipinski definition) is 5. The Morgan fingerprint density at radius 3 is 2.45 bits per heavy atom. The maximum absolute atomic E-state index is 14.5. The number of carboxylic acid groups (broad SMARTS) is 1. The van der Waals surface area contributed by atoms with E-state index in [0.29, 0.717) is 45.2 Å². The number of fused-ring (bicyclic) bond motifs is 1. The third kappa shape index (κ3) is 5.98. The van der Waals surface area contributed by atoms with Crippen LogP contribution >= 0.6 is 0 Å². The smallest absolute Gasteiger partial charge is 0.475 e. The fourth-order valence-electron chi connectivity index (χ4n) is 4.12. The number of aliphatic carboxylic acids is 1. The first kappa shape index (κ1) is 24.9. The summed E-state index contributed by atoms with van der Waals surface area (Å²) in [5, 5.41) is 9.98. The number of ether oxygens (including phenoxy) is 1. The van der Waals surface area contributed by atoms with Crippen molar-refractivity contribution >= 4 is 17.8 Å². The number of rotatable bonds is 4. The molecule has 33 heavy (non-hydrogen) atoms. The Balaban J connectivity index is 0.000000383. The molecule has 3 fully saturated rings. The van der Waals surface area contributed by atoms with E-state index in [1.807, 2.05) is 18.2 Å². The van der Waals surface area contributed by atoms with Crippen molar-refractivity contribution in [3.8, 4) is 0 Å². The molecular weight excluding hydrogens is 450 g/mol. The van der Waals surface area contributed by atoms with E-state index in [9.17, 15) is 27.2 Å². The Bertz CT molecular complexity index is 863. The van der Waals surface area contributed by atoms with Gasteiger partial charge in [-0.2, -0.15) is 13.2 Å². The zero-order chi connectivity index (χ0) is 24.2. The second-order valence-corrected chi connectivity index (χ2v) is 8.26. The minimum absolute atomic E-state index is 0.101.